The van der Waals surface area contributed by atoms with Crippen LogP contribution in [0.5, 0.6) is 0 Å². The van der Waals surface area contributed by atoms with Gasteiger partial charge < -0.3 is 10.2 Å². The van der Waals surface area contributed by atoms with E-state index in [0.717, 1.165) is 25.3 Å². The van der Waals surface area contributed by atoms with Crippen LogP contribution in [0, 0.1) is 0 Å². The number of anilines is 1. The lowest BCUT2D eigenvalue weighted by atomic mass is 10.1. The van der Waals surface area contributed by atoms with Gasteiger partial charge in [0.05, 0.1) is 6.54 Å². The lowest BCUT2D eigenvalue weighted by Crippen LogP contribution is -2.24. The molecule has 0 spiro atoms. The molecule has 1 N–H and O–H groups in total. The summed E-state index contributed by atoms with van der Waals surface area (Å²) >= 11 is 1.79. The van der Waals surface area contributed by atoms with Crippen LogP contribution in [0.25, 0.3) is 0 Å². The SMILES string of the molecule is CCCNC(C)c1cccnc1N(C)Cc1cccs1. The summed E-state index contributed by atoms with van der Waals surface area (Å²) in [5.74, 6) is 1.07. The van der Waals surface area contributed by atoms with Gasteiger partial charge in [0.2, 0.25) is 0 Å². The van der Waals surface area contributed by atoms with Crippen molar-refractivity contribution < 1.29 is 0 Å². The third-order valence-electron chi connectivity index (χ3n) is 3.32. The van der Waals surface area contributed by atoms with Crippen molar-refractivity contribution in [1.29, 1.82) is 0 Å². The topological polar surface area (TPSA) is 28.2 Å². The van der Waals surface area contributed by atoms with E-state index in [-0.39, 0.29) is 0 Å². The monoisotopic (exact) mass is 289 g/mol. The molecule has 2 aromatic heterocycles. The molecule has 2 heterocycles. The molecule has 0 bridgehead atoms. The average Bonchev–Trinajstić information content (AvgIpc) is 2.97. The maximum atomic E-state index is 4.58. The zero-order chi connectivity index (χ0) is 14.4. The summed E-state index contributed by atoms with van der Waals surface area (Å²) in [6, 6.07) is 8.77. The van der Waals surface area contributed by atoms with Crippen LogP contribution in [-0.2, 0) is 6.54 Å². The van der Waals surface area contributed by atoms with Crippen LogP contribution in [-0.4, -0.2) is 18.6 Å². The Morgan fingerprint density at radius 1 is 1.35 bits per heavy atom. The van der Waals surface area contributed by atoms with Crippen molar-refractivity contribution in [3.63, 3.8) is 0 Å². The maximum Gasteiger partial charge on any atom is 0.133 e. The molecule has 108 valence electrons. The number of nitrogens with zero attached hydrogens (tertiary/aromatic N) is 2. The summed E-state index contributed by atoms with van der Waals surface area (Å²) < 4.78 is 0. The molecule has 0 amide bonds. The van der Waals surface area contributed by atoms with Gasteiger partial charge in [0.25, 0.3) is 0 Å². The van der Waals surface area contributed by atoms with Crippen molar-refractivity contribution in [3.8, 4) is 0 Å². The molecule has 1 unspecified atom stereocenters. The molecule has 20 heavy (non-hydrogen) atoms. The fourth-order valence-corrected chi connectivity index (χ4v) is 3.01. The van der Waals surface area contributed by atoms with E-state index in [9.17, 15) is 0 Å². The molecule has 0 aliphatic carbocycles. The highest BCUT2D eigenvalue weighted by molar-refractivity contribution is 7.09. The summed E-state index contributed by atoms with van der Waals surface area (Å²) in [5, 5.41) is 5.66. The average molecular weight is 289 g/mol. The first kappa shape index (κ1) is 15.0. The van der Waals surface area contributed by atoms with Crippen LogP contribution in [0.3, 0.4) is 0 Å². The van der Waals surface area contributed by atoms with Crippen molar-refractivity contribution in [3.05, 3.63) is 46.3 Å². The molecular formula is C16H23N3S. The summed E-state index contributed by atoms with van der Waals surface area (Å²) in [4.78, 5) is 8.17. The molecule has 0 aliphatic rings. The lowest BCUT2D eigenvalue weighted by molar-refractivity contribution is 0.568. The fourth-order valence-electron chi connectivity index (χ4n) is 2.25. The lowest BCUT2D eigenvalue weighted by Gasteiger charge is -2.24. The Labute approximate surface area is 125 Å². The van der Waals surface area contributed by atoms with Crippen LogP contribution in [0.15, 0.2) is 35.8 Å². The Hall–Kier alpha value is -1.39. The predicted octanol–water partition coefficient (Wildman–Crippen LogP) is 3.84. The summed E-state index contributed by atoms with van der Waals surface area (Å²) in [6.07, 6.45) is 3.02. The number of thiophene rings is 1. The van der Waals surface area contributed by atoms with E-state index in [1.165, 1.54) is 10.4 Å². The fraction of sp³-hybridized carbons (Fsp3) is 0.438. The Balaban J connectivity index is 2.14. The van der Waals surface area contributed by atoms with Crippen LogP contribution >= 0.6 is 11.3 Å². The quantitative estimate of drug-likeness (QED) is 0.839. The molecular weight excluding hydrogens is 266 g/mol. The van der Waals surface area contributed by atoms with Gasteiger partial charge in [-0.05, 0) is 37.4 Å². The zero-order valence-electron chi connectivity index (χ0n) is 12.5. The Kier molecular flexibility index (Phi) is 5.56. The molecule has 2 rings (SSSR count). The van der Waals surface area contributed by atoms with Gasteiger partial charge in [0.1, 0.15) is 5.82 Å². The van der Waals surface area contributed by atoms with Crippen LogP contribution in [0.2, 0.25) is 0 Å². The second-order valence-electron chi connectivity index (χ2n) is 5.03. The van der Waals surface area contributed by atoms with E-state index < -0.39 is 0 Å². The van der Waals surface area contributed by atoms with Gasteiger partial charge in [0, 0.05) is 29.7 Å². The largest absolute Gasteiger partial charge is 0.354 e. The minimum Gasteiger partial charge on any atom is -0.354 e. The number of pyridine rings is 1. The molecule has 2 aromatic rings. The number of hydrogen-bond donors (Lipinski definition) is 1. The smallest absolute Gasteiger partial charge is 0.133 e. The number of hydrogen-bond acceptors (Lipinski definition) is 4. The Bertz CT molecular complexity index is 510. The van der Waals surface area contributed by atoms with Gasteiger partial charge in [0.15, 0.2) is 0 Å². The van der Waals surface area contributed by atoms with Crippen molar-refractivity contribution in [2.24, 2.45) is 0 Å². The maximum absolute atomic E-state index is 4.58. The first-order chi connectivity index (χ1) is 9.72. The molecule has 0 fully saturated rings. The predicted molar refractivity (Wildman–Crippen MR) is 87.4 cm³/mol. The van der Waals surface area contributed by atoms with Gasteiger partial charge in [-0.3, -0.25) is 0 Å². The highest BCUT2D eigenvalue weighted by atomic mass is 32.1. The van der Waals surface area contributed by atoms with Crippen molar-refractivity contribution in [1.82, 2.24) is 10.3 Å². The van der Waals surface area contributed by atoms with Crippen molar-refractivity contribution in [2.75, 3.05) is 18.5 Å². The third-order valence-corrected chi connectivity index (χ3v) is 4.18. The van der Waals surface area contributed by atoms with E-state index >= 15 is 0 Å². The molecule has 3 nitrogen and oxygen atoms in total. The highest BCUT2D eigenvalue weighted by Crippen LogP contribution is 2.25. The summed E-state index contributed by atoms with van der Waals surface area (Å²) in [6.45, 7) is 6.33. The molecule has 0 saturated carbocycles. The van der Waals surface area contributed by atoms with Gasteiger partial charge in [-0.2, -0.15) is 0 Å². The number of aromatic nitrogens is 1. The van der Waals surface area contributed by atoms with Crippen LogP contribution in [0.1, 0.15) is 36.8 Å². The van der Waals surface area contributed by atoms with Gasteiger partial charge in [-0.1, -0.05) is 19.1 Å². The molecule has 0 aliphatic heterocycles. The Morgan fingerprint density at radius 2 is 2.20 bits per heavy atom. The van der Waals surface area contributed by atoms with Crippen molar-refractivity contribution in [2.45, 2.75) is 32.9 Å². The first-order valence-corrected chi connectivity index (χ1v) is 8.02. The zero-order valence-corrected chi connectivity index (χ0v) is 13.3. The minimum atomic E-state index is 0.324. The van der Waals surface area contributed by atoms with Gasteiger partial charge in [-0.15, -0.1) is 11.3 Å². The molecule has 1 atom stereocenters. The summed E-state index contributed by atoms with van der Waals surface area (Å²) in [7, 11) is 2.11. The van der Waals surface area contributed by atoms with E-state index in [0.29, 0.717) is 6.04 Å². The standard InChI is InChI=1S/C16H23N3S/c1-4-9-17-13(2)15-8-5-10-18-16(15)19(3)12-14-7-6-11-20-14/h5-8,10-11,13,17H,4,9,12H2,1-3H3. The second kappa shape index (κ2) is 7.41. The molecule has 0 radical (unpaired) electrons. The van der Waals surface area contributed by atoms with Crippen LogP contribution < -0.4 is 10.2 Å². The van der Waals surface area contributed by atoms with E-state index in [2.05, 4.69) is 59.7 Å². The second-order valence-corrected chi connectivity index (χ2v) is 6.06. The highest BCUT2D eigenvalue weighted by Gasteiger charge is 2.14. The van der Waals surface area contributed by atoms with Gasteiger partial charge >= 0.3 is 0 Å². The van der Waals surface area contributed by atoms with Gasteiger partial charge in [-0.25, -0.2) is 4.98 Å². The number of rotatable bonds is 7. The number of nitrogens with one attached hydrogen (secondary N) is 1. The summed E-state index contributed by atoms with van der Waals surface area (Å²) in [5.41, 5.74) is 1.26. The van der Waals surface area contributed by atoms with E-state index in [4.69, 9.17) is 0 Å². The van der Waals surface area contributed by atoms with E-state index in [1.54, 1.807) is 11.3 Å². The first-order valence-electron chi connectivity index (χ1n) is 7.14. The van der Waals surface area contributed by atoms with Crippen LogP contribution in [0.4, 0.5) is 5.82 Å². The normalized spacial score (nSPS) is 12.3. The molecule has 4 heteroatoms. The Morgan fingerprint density at radius 3 is 2.90 bits per heavy atom. The third kappa shape index (κ3) is 3.81. The van der Waals surface area contributed by atoms with E-state index in [1.807, 2.05) is 12.3 Å². The molecule has 0 saturated heterocycles. The van der Waals surface area contributed by atoms with Crippen molar-refractivity contribution >= 4 is 17.2 Å². The minimum absolute atomic E-state index is 0.324. The molecule has 0 aromatic carbocycles.